The molecule has 40 heavy (non-hydrogen) atoms. The molecule has 1 heterocycles. The summed E-state index contributed by atoms with van der Waals surface area (Å²) in [5, 5.41) is 25.7. The fraction of sp³-hybridized carbons (Fsp3) is 0.407. The van der Waals surface area contributed by atoms with Gasteiger partial charge in [0.05, 0.1) is 17.3 Å². The molecule has 3 rings (SSSR count). The minimum atomic E-state index is -3.87. The lowest BCUT2D eigenvalue weighted by Crippen LogP contribution is -2.40. The average molecular weight is 576 g/mol. The molecule has 12 nitrogen and oxygen atoms in total. The summed E-state index contributed by atoms with van der Waals surface area (Å²) in [7, 11) is -3.87. The van der Waals surface area contributed by atoms with Crippen LogP contribution in [-0.4, -0.2) is 79.7 Å². The van der Waals surface area contributed by atoms with Gasteiger partial charge >= 0.3 is 11.9 Å². The smallest absolute Gasteiger partial charge is 0.341 e. The number of carboxylic acid groups (broad SMARTS) is 2. The van der Waals surface area contributed by atoms with Crippen molar-refractivity contribution in [3.8, 4) is 5.75 Å². The molecule has 1 unspecified atom stereocenters. The Hall–Kier alpha value is -3.97. The summed E-state index contributed by atoms with van der Waals surface area (Å²) in [6, 6.07) is 11.9. The van der Waals surface area contributed by atoms with Crippen molar-refractivity contribution in [2.24, 2.45) is 10.3 Å². The standard InChI is InChI=1S/C27H33N3O9S/c31-26(32)20-37-23-11-7-21(8-12-23)18-28-38-16-3-1-2-4-17-39-29-19-22-9-13-24(14-10-22)40(35,36)30-15-5-6-25(30)27(33)34/h7-14,18-19,25H,1-6,15-17,20H2,(H,31,32)(H,33,34)/b28-18+,29-19+. The fourth-order valence-electron chi connectivity index (χ4n) is 3.92. The first-order chi connectivity index (χ1) is 19.3. The number of carbonyl (C=O) groups is 2. The van der Waals surface area contributed by atoms with Crippen molar-refractivity contribution in [1.82, 2.24) is 4.31 Å². The molecule has 1 saturated heterocycles. The van der Waals surface area contributed by atoms with Crippen molar-refractivity contribution in [1.29, 1.82) is 0 Å². The van der Waals surface area contributed by atoms with Crippen molar-refractivity contribution in [2.45, 2.75) is 49.5 Å². The van der Waals surface area contributed by atoms with Crippen LogP contribution in [0, 0.1) is 0 Å². The van der Waals surface area contributed by atoms with E-state index in [0.29, 0.717) is 37.4 Å². The summed E-state index contributed by atoms with van der Waals surface area (Å²) in [4.78, 5) is 32.4. The molecule has 1 fully saturated rings. The highest BCUT2D eigenvalue weighted by Crippen LogP contribution is 2.26. The normalized spacial score (nSPS) is 15.9. The van der Waals surface area contributed by atoms with Crippen LogP contribution in [0.5, 0.6) is 5.75 Å². The van der Waals surface area contributed by atoms with Crippen LogP contribution in [0.25, 0.3) is 0 Å². The molecule has 1 aliphatic heterocycles. The molecular weight excluding hydrogens is 542 g/mol. The fourth-order valence-corrected chi connectivity index (χ4v) is 5.57. The van der Waals surface area contributed by atoms with Gasteiger partial charge in [0.25, 0.3) is 0 Å². The van der Waals surface area contributed by atoms with E-state index in [9.17, 15) is 23.1 Å². The average Bonchev–Trinajstić information content (AvgIpc) is 3.45. The first kappa shape index (κ1) is 30.6. The summed E-state index contributed by atoms with van der Waals surface area (Å²) >= 11 is 0. The number of ether oxygens (including phenoxy) is 1. The van der Waals surface area contributed by atoms with Crippen molar-refractivity contribution >= 4 is 34.4 Å². The van der Waals surface area contributed by atoms with Gasteiger partial charge in [-0.2, -0.15) is 4.31 Å². The Kier molecular flexibility index (Phi) is 11.9. The molecule has 0 radical (unpaired) electrons. The molecule has 216 valence electrons. The Labute approximate surface area is 232 Å². The van der Waals surface area contributed by atoms with E-state index in [1.54, 1.807) is 42.6 Å². The molecule has 0 aliphatic carbocycles. The van der Waals surface area contributed by atoms with Crippen LogP contribution in [-0.2, 0) is 29.3 Å². The Morgan fingerprint density at radius 2 is 1.43 bits per heavy atom. The summed E-state index contributed by atoms with van der Waals surface area (Å²) in [6.45, 7) is 0.734. The van der Waals surface area contributed by atoms with E-state index >= 15 is 0 Å². The number of hydrogen-bond donors (Lipinski definition) is 2. The Morgan fingerprint density at radius 1 is 0.875 bits per heavy atom. The van der Waals surface area contributed by atoms with Crippen molar-refractivity contribution in [3.63, 3.8) is 0 Å². The lowest BCUT2D eigenvalue weighted by molar-refractivity contribution is -0.141. The van der Waals surface area contributed by atoms with Crippen LogP contribution in [0.3, 0.4) is 0 Å². The predicted octanol–water partition coefficient (Wildman–Crippen LogP) is 3.35. The highest BCUT2D eigenvalue weighted by molar-refractivity contribution is 7.89. The lowest BCUT2D eigenvalue weighted by atomic mass is 10.2. The first-order valence-electron chi connectivity index (χ1n) is 12.9. The van der Waals surface area contributed by atoms with E-state index in [1.807, 2.05) is 0 Å². The van der Waals surface area contributed by atoms with Gasteiger partial charge in [-0.15, -0.1) is 0 Å². The minimum absolute atomic E-state index is 0.0483. The molecule has 0 spiro atoms. The molecular formula is C27H33N3O9S. The molecule has 2 aromatic rings. The van der Waals surface area contributed by atoms with E-state index in [4.69, 9.17) is 19.5 Å². The van der Waals surface area contributed by atoms with Crippen LogP contribution in [0.4, 0.5) is 0 Å². The van der Waals surface area contributed by atoms with Gasteiger partial charge in [-0.05, 0) is 86.1 Å². The summed E-state index contributed by atoms with van der Waals surface area (Å²) in [5.74, 6) is -1.70. The molecule has 1 atom stereocenters. The van der Waals surface area contributed by atoms with Gasteiger partial charge in [-0.3, -0.25) is 4.79 Å². The number of oxime groups is 2. The van der Waals surface area contributed by atoms with Crippen LogP contribution in [0.1, 0.15) is 49.7 Å². The van der Waals surface area contributed by atoms with E-state index in [0.717, 1.165) is 35.6 Å². The summed E-state index contributed by atoms with van der Waals surface area (Å²) in [6.07, 6.45) is 7.42. The van der Waals surface area contributed by atoms with Crippen LogP contribution >= 0.6 is 0 Å². The number of rotatable bonds is 17. The summed E-state index contributed by atoms with van der Waals surface area (Å²) < 4.78 is 31.7. The molecule has 13 heteroatoms. The number of unbranched alkanes of at least 4 members (excludes halogenated alkanes) is 3. The van der Waals surface area contributed by atoms with Gasteiger partial charge in [0.2, 0.25) is 10.0 Å². The van der Waals surface area contributed by atoms with E-state index in [2.05, 4.69) is 10.3 Å². The lowest BCUT2D eigenvalue weighted by Gasteiger charge is -2.20. The van der Waals surface area contributed by atoms with Crippen LogP contribution in [0.2, 0.25) is 0 Å². The van der Waals surface area contributed by atoms with Crippen molar-refractivity contribution in [3.05, 3.63) is 59.7 Å². The SMILES string of the molecule is O=C(O)COc1ccc(/C=N/OCCCCCCO/N=C/c2ccc(S(=O)(=O)N3CCCC3C(=O)O)cc2)cc1. The number of hydrogen-bond acceptors (Lipinski definition) is 9. The molecule has 2 N–H and O–H groups in total. The number of carboxylic acids is 2. The zero-order chi connectivity index (χ0) is 28.8. The number of benzene rings is 2. The zero-order valence-electron chi connectivity index (χ0n) is 21.9. The molecule has 2 aromatic carbocycles. The van der Waals surface area contributed by atoms with E-state index in [1.165, 1.54) is 18.3 Å². The Balaban J connectivity index is 1.25. The zero-order valence-corrected chi connectivity index (χ0v) is 22.7. The van der Waals surface area contributed by atoms with Crippen LogP contribution in [0.15, 0.2) is 63.7 Å². The largest absolute Gasteiger partial charge is 0.482 e. The van der Waals surface area contributed by atoms with E-state index < -0.39 is 28.0 Å². The Bertz CT molecular complexity index is 1260. The van der Waals surface area contributed by atoms with Gasteiger partial charge in [0.1, 0.15) is 25.0 Å². The van der Waals surface area contributed by atoms with Gasteiger partial charge in [-0.1, -0.05) is 22.4 Å². The highest BCUT2D eigenvalue weighted by atomic mass is 32.2. The van der Waals surface area contributed by atoms with Crippen molar-refractivity contribution < 1.29 is 42.6 Å². The highest BCUT2D eigenvalue weighted by Gasteiger charge is 2.39. The molecule has 0 saturated carbocycles. The third-order valence-corrected chi connectivity index (χ3v) is 7.91. The number of sulfonamides is 1. The number of aliphatic carboxylic acids is 2. The number of nitrogens with zero attached hydrogens (tertiary/aromatic N) is 3. The second-order valence-electron chi connectivity index (χ2n) is 8.98. The van der Waals surface area contributed by atoms with Crippen LogP contribution < -0.4 is 4.74 Å². The topological polar surface area (TPSA) is 164 Å². The third kappa shape index (κ3) is 9.65. The van der Waals surface area contributed by atoms with Gasteiger partial charge in [0.15, 0.2) is 6.61 Å². The van der Waals surface area contributed by atoms with Crippen molar-refractivity contribution in [2.75, 3.05) is 26.4 Å². The van der Waals surface area contributed by atoms with E-state index in [-0.39, 0.29) is 18.0 Å². The molecule has 0 aromatic heterocycles. The first-order valence-corrected chi connectivity index (χ1v) is 14.3. The summed E-state index contributed by atoms with van der Waals surface area (Å²) in [5.41, 5.74) is 1.47. The third-order valence-electron chi connectivity index (χ3n) is 5.99. The van der Waals surface area contributed by atoms with Gasteiger partial charge in [0, 0.05) is 6.54 Å². The monoisotopic (exact) mass is 575 g/mol. The Morgan fingerprint density at radius 3 is 1.95 bits per heavy atom. The second-order valence-corrected chi connectivity index (χ2v) is 10.9. The predicted molar refractivity (Wildman–Crippen MR) is 146 cm³/mol. The molecule has 0 bridgehead atoms. The van der Waals surface area contributed by atoms with Gasteiger partial charge < -0.3 is 24.6 Å². The van der Waals surface area contributed by atoms with Gasteiger partial charge in [-0.25, -0.2) is 13.2 Å². The quantitative estimate of drug-likeness (QED) is 0.163. The maximum absolute atomic E-state index is 12.8. The minimum Gasteiger partial charge on any atom is -0.482 e. The second kappa shape index (κ2) is 15.6. The maximum atomic E-state index is 12.8. The molecule has 1 aliphatic rings. The maximum Gasteiger partial charge on any atom is 0.341 e. The molecule has 0 amide bonds.